The van der Waals surface area contributed by atoms with Gasteiger partial charge in [0.1, 0.15) is 24.0 Å². The van der Waals surface area contributed by atoms with Gasteiger partial charge in [0.15, 0.2) is 0 Å². The van der Waals surface area contributed by atoms with Crippen LogP contribution in [0.1, 0.15) is 113 Å². The molecule has 1 saturated carbocycles. The van der Waals surface area contributed by atoms with E-state index in [9.17, 15) is 23.9 Å². The van der Waals surface area contributed by atoms with Crippen molar-refractivity contribution >= 4 is 23.3 Å². The lowest BCUT2D eigenvalue weighted by Crippen LogP contribution is -2.26. The lowest BCUT2D eigenvalue weighted by Gasteiger charge is -2.28. The van der Waals surface area contributed by atoms with Gasteiger partial charge in [0, 0.05) is 41.5 Å². The van der Waals surface area contributed by atoms with Crippen LogP contribution >= 0.6 is 0 Å². The number of aliphatic hydroxyl groups excluding tert-OH is 1. The largest absolute Gasteiger partial charge is 0.460 e. The number of carbonyl (C=O) groups excluding carboxylic acids is 3. The minimum Gasteiger partial charge on any atom is -0.460 e. The molecular weight excluding hydrogens is 571 g/mol. The van der Waals surface area contributed by atoms with Gasteiger partial charge in [-0.15, -0.1) is 0 Å². The number of anilines is 1. The summed E-state index contributed by atoms with van der Waals surface area (Å²) in [6.07, 6.45) is 0.0584. The number of alkyl halides is 1. The number of hydrogen-bond acceptors (Lipinski definition) is 5. The lowest BCUT2D eigenvalue weighted by atomic mass is 9.82. The van der Waals surface area contributed by atoms with E-state index in [4.69, 9.17) is 4.74 Å². The minimum atomic E-state index is -0.987. The maximum Gasteiger partial charge on any atom is 0.313 e. The van der Waals surface area contributed by atoms with Gasteiger partial charge in [0.25, 0.3) is 5.91 Å². The molecule has 1 heterocycles. The molecule has 242 valence electrons. The molecule has 7 nitrogen and oxygen atoms in total. The number of aliphatic hydroxyl groups is 1. The van der Waals surface area contributed by atoms with Crippen molar-refractivity contribution in [2.45, 2.75) is 116 Å². The Morgan fingerprint density at radius 3 is 2.16 bits per heavy atom. The molecule has 1 atom stereocenters. The first-order valence-electron chi connectivity index (χ1n) is 16.1. The summed E-state index contributed by atoms with van der Waals surface area (Å²) >= 11 is 0. The monoisotopic (exact) mass is 618 g/mol. The molecule has 0 saturated heterocycles. The van der Waals surface area contributed by atoms with Gasteiger partial charge in [-0.25, -0.2) is 4.39 Å². The summed E-state index contributed by atoms with van der Waals surface area (Å²) in [7, 11) is 0. The van der Waals surface area contributed by atoms with Gasteiger partial charge in [0.05, 0.1) is 11.7 Å². The van der Waals surface area contributed by atoms with Crippen LogP contribution < -0.4 is 5.32 Å². The Morgan fingerprint density at radius 1 is 0.978 bits per heavy atom. The van der Waals surface area contributed by atoms with E-state index in [0.29, 0.717) is 43.5 Å². The number of ether oxygens (including phenoxy) is 1. The molecule has 1 amide bonds. The average molecular weight is 619 g/mol. The normalized spacial score (nSPS) is 17.6. The number of hydrogen-bond donors (Lipinski definition) is 2. The van der Waals surface area contributed by atoms with E-state index in [1.54, 1.807) is 20.8 Å². The minimum absolute atomic E-state index is 0.0222. The fourth-order valence-corrected chi connectivity index (χ4v) is 6.34. The van der Waals surface area contributed by atoms with Crippen molar-refractivity contribution < 1.29 is 28.6 Å². The molecule has 8 heteroatoms. The van der Waals surface area contributed by atoms with Crippen LogP contribution in [0.4, 0.5) is 10.1 Å². The number of benzene rings is 2. The fourth-order valence-electron chi connectivity index (χ4n) is 6.34. The van der Waals surface area contributed by atoms with Crippen molar-refractivity contribution in [3.63, 3.8) is 0 Å². The molecule has 1 aliphatic carbocycles. The number of esters is 1. The van der Waals surface area contributed by atoms with Crippen molar-refractivity contribution in [1.82, 2.24) is 4.57 Å². The number of aromatic nitrogens is 1. The van der Waals surface area contributed by atoms with Gasteiger partial charge in [-0.3, -0.25) is 14.4 Å². The second kappa shape index (κ2) is 15.0. The second-order valence-electron chi connectivity index (χ2n) is 13.4. The van der Waals surface area contributed by atoms with Gasteiger partial charge in [-0.05, 0) is 76.5 Å². The van der Waals surface area contributed by atoms with E-state index in [2.05, 4.69) is 9.88 Å². The number of nitrogens with one attached hydrogen (secondary N) is 1. The van der Waals surface area contributed by atoms with Crippen LogP contribution in [-0.2, 0) is 20.9 Å². The van der Waals surface area contributed by atoms with Gasteiger partial charge in [-0.1, -0.05) is 62.4 Å². The number of carbonyl (C=O) groups is 3. The van der Waals surface area contributed by atoms with Crippen LogP contribution in [0.15, 0.2) is 60.7 Å². The SMILES string of the molecule is CC(C)c1c(C(=O)Nc2ccccc2)c(-c2ccccc2)c(C2CCC(F)CC2)n1CC[C@@H](O)CC(=O)CC(=O)OC(C)(C)C. The zero-order valence-electron chi connectivity index (χ0n) is 27.1. The number of rotatable bonds is 12. The Morgan fingerprint density at radius 2 is 1.58 bits per heavy atom. The summed E-state index contributed by atoms with van der Waals surface area (Å²) in [4.78, 5) is 39.0. The lowest BCUT2D eigenvalue weighted by molar-refractivity contribution is -0.156. The van der Waals surface area contributed by atoms with Gasteiger partial charge >= 0.3 is 5.97 Å². The first-order chi connectivity index (χ1) is 21.3. The highest BCUT2D eigenvalue weighted by atomic mass is 19.1. The topological polar surface area (TPSA) is 97.6 Å². The van der Waals surface area contributed by atoms with Gasteiger partial charge < -0.3 is 19.7 Å². The van der Waals surface area contributed by atoms with Crippen LogP contribution in [0.5, 0.6) is 0 Å². The molecule has 45 heavy (non-hydrogen) atoms. The summed E-state index contributed by atoms with van der Waals surface area (Å²) in [6, 6.07) is 19.2. The fraction of sp³-hybridized carbons (Fsp3) is 0.486. The van der Waals surface area contributed by atoms with Crippen LogP contribution in [0.2, 0.25) is 0 Å². The van der Waals surface area contributed by atoms with Crippen LogP contribution in [0.25, 0.3) is 11.1 Å². The van der Waals surface area contributed by atoms with Gasteiger partial charge in [0.2, 0.25) is 0 Å². The number of halogens is 1. The van der Waals surface area contributed by atoms with Crippen molar-refractivity contribution in [3.05, 3.63) is 77.6 Å². The molecule has 0 spiro atoms. The quantitative estimate of drug-likeness (QED) is 0.159. The third-order valence-corrected chi connectivity index (χ3v) is 8.17. The van der Waals surface area contributed by atoms with E-state index in [1.807, 2.05) is 74.5 Å². The summed E-state index contributed by atoms with van der Waals surface area (Å²) in [5, 5.41) is 14.1. The third-order valence-electron chi connectivity index (χ3n) is 8.17. The molecule has 1 aromatic heterocycles. The highest BCUT2D eigenvalue weighted by molar-refractivity contribution is 6.10. The average Bonchev–Trinajstić information content (AvgIpc) is 3.32. The summed E-state index contributed by atoms with van der Waals surface area (Å²) in [5.41, 5.74) is 4.12. The molecule has 4 rings (SSSR count). The Labute approximate surface area is 266 Å². The van der Waals surface area contributed by atoms with Crippen molar-refractivity contribution in [2.75, 3.05) is 5.32 Å². The maximum absolute atomic E-state index is 14.4. The molecule has 0 bridgehead atoms. The predicted molar refractivity (Wildman–Crippen MR) is 175 cm³/mol. The smallest absolute Gasteiger partial charge is 0.313 e. The Hall–Kier alpha value is -3.78. The van der Waals surface area contributed by atoms with E-state index in [-0.39, 0.29) is 36.4 Å². The van der Waals surface area contributed by atoms with E-state index >= 15 is 0 Å². The van der Waals surface area contributed by atoms with Crippen LogP contribution in [0.3, 0.4) is 0 Å². The predicted octanol–water partition coefficient (Wildman–Crippen LogP) is 7.97. The van der Waals surface area contributed by atoms with E-state index < -0.39 is 30.3 Å². The highest BCUT2D eigenvalue weighted by Gasteiger charge is 2.35. The highest BCUT2D eigenvalue weighted by Crippen LogP contribution is 2.45. The Bertz CT molecular complexity index is 1450. The summed E-state index contributed by atoms with van der Waals surface area (Å²) < 4.78 is 21.8. The first kappa shape index (κ1) is 34.1. The number of ketones is 1. The third kappa shape index (κ3) is 9.13. The zero-order chi connectivity index (χ0) is 32.7. The standard InChI is InChI=1S/C37H47FN2O5/c1-24(2)34-33(36(44)39-28-14-10-7-11-15-28)32(25-12-8-6-9-13-25)35(26-16-18-27(38)19-17-26)40(34)21-20-29(41)22-30(42)23-31(43)45-37(3,4)5/h6-15,24,26-27,29,41H,16-23H2,1-5H3,(H,39,44)/t26?,27?,29-/m1/s1. The Balaban J connectivity index is 1.74. The number of para-hydroxylation sites is 1. The number of Topliss-reactive ketones (excluding diaryl/α,β-unsaturated/α-hetero) is 1. The molecule has 0 aliphatic heterocycles. The molecule has 2 N–H and O–H groups in total. The number of nitrogens with zero attached hydrogens (tertiary/aromatic N) is 1. The molecule has 1 aliphatic rings. The first-order valence-corrected chi connectivity index (χ1v) is 16.1. The molecule has 3 aromatic rings. The molecule has 1 fully saturated rings. The van der Waals surface area contributed by atoms with E-state index in [1.165, 1.54) is 0 Å². The summed E-state index contributed by atoms with van der Waals surface area (Å²) in [5.74, 6) is -1.26. The Kier molecular flexibility index (Phi) is 11.4. The van der Waals surface area contributed by atoms with Crippen molar-refractivity contribution in [2.24, 2.45) is 0 Å². The molecule has 0 radical (unpaired) electrons. The van der Waals surface area contributed by atoms with Crippen molar-refractivity contribution in [3.8, 4) is 11.1 Å². The van der Waals surface area contributed by atoms with E-state index in [0.717, 1.165) is 22.5 Å². The molecular formula is C37H47FN2O5. The maximum atomic E-state index is 14.4. The van der Waals surface area contributed by atoms with Crippen LogP contribution in [-0.4, -0.2) is 45.2 Å². The number of amides is 1. The molecule has 0 unspecified atom stereocenters. The molecule has 2 aromatic carbocycles. The summed E-state index contributed by atoms with van der Waals surface area (Å²) in [6.45, 7) is 9.67. The second-order valence-corrected chi connectivity index (χ2v) is 13.4. The van der Waals surface area contributed by atoms with Crippen molar-refractivity contribution in [1.29, 1.82) is 0 Å². The zero-order valence-corrected chi connectivity index (χ0v) is 27.1. The van der Waals surface area contributed by atoms with Gasteiger partial charge in [-0.2, -0.15) is 0 Å². The van der Waals surface area contributed by atoms with Crippen LogP contribution in [0, 0.1) is 0 Å².